The van der Waals surface area contributed by atoms with E-state index in [1.165, 1.54) is 49.6 Å². The molecule has 1 N–H and O–H groups in total. The van der Waals surface area contributed by atoms with Gasteiger partial charge in [0, 0.05) is 16.8 Å². The lowest BCUT2D eigenvalue weighted by Gasteiger charge is -2.36. The number of ether oxygens (including phenoxy) is 2. The molecule has 0 spiro atoms. The minimum atomic E-state index is -6.05. The van der Waals surface area contributed by atoms with E-state index in [0.717, 1.165) is 24.3 Å². The summed E-state index contributed by atoms with van der Waals surface area (Å²) in [5.41, 5.74) is -6.72. The lowest BCUT2D eigenvalue weighted by atomic mass is 9.91. The maximum Gasteiger partial charge on any atom is 0.442 e. The lowest BCUT2D eigenvalue weighted by Crippen LogP contribution is -2.56. The Kier molecular flexibility index (Phi) is 7.09. The van der Waals surface area contributed by atoms with E-state index in [0.29, 0.717) is 17.9 Å². The van der Waals surface area contributed by atoms with Gasteiger partial charge < -0.3 is 14.8 Å². The van der Waals surface area contributed by atoms with Crippen molar-refractivity contribution in [1.29, 1.82) is 0 Å². The van der Waals surface area contributed by atoms with Crippen molar-refractivity contribution in [2.75, 3.05) is 12.4 Å². The molecule has 3 rings (SSSR count). The topological polar surface area (TPSA) is 64.6 Å². The molecule has 0 fully saturated rings. The van der Waals surface area contributed by atoms with Gasteiger partial charge in [-0.2, -0.15) is 26.3 Å². The summed E-state index contributed by atoms with van der Waals surface area (Å²) in [6, 6.07) is 14.5. The normalized spacial score (nSPS) is 12.1. The molecule has 11 heteroatoms. The Hall–Kier alpha value is -4.02. The summed E-state index contributed by atoms with van der Waals surface area (Å²) in [5, 5.41) is 2.37. The van der Waals surface area contributed by atoms with Gasteiger partial charge in [-0.05, 0) is 48.5 Å². The van der Waals surface area contributed by atoms with Crippen LogP contribution in [-0.4, -0.2) is 31.3 Å². The molecule has 0 aliphatic rings. The highest BCUT2D eigenvalue weighted by molar-refractivity contribution is 6.04. The molecule has 184 valence electrons. The molecule has 0 saturated carbocycles. The molecule has 0 heterocycles. The van der Waals surface area contributed by atoms with Crippen LogP contribution in [0, 0.1) is 0 Å². The molecule has 1 amide bonds. The third-order valence-electron chi connectivity index (χ3n) is 4.96. The fourth-order valence-electron chi connectivity index (χ4n) is 3.17. The first-order valence-corrected chi connectivity index (χ1v) is 9.87. The molecule has 0 aliphatic heterocycles. The third kappa shape index (κ3) is 5.23. The van der Waals surface area contributed by atoms with Crippen molar-refractivity contribution in [2.45, 2.75) is 18.0 Å². The van der Waals surface area contributed by atoms with Crippen molar-refractivity contribution in [3.63, 3.8) is 0 Å². The van der Waals surface area contributed by atoms with Gasteiger partial charge in [-0.1, -0.05) is 30.3 Å². The Morgan fingerprint density at radius 2 is 1.26 bits per heavy atom. The highest BCUT2D eigenvalue weighted by Gasteiger charge is 2.75. The first-order valence-electron chi connectivity index (χ1n) is 9.87. The SMILES string of the molecule is COc1ccc(C(=O)Nc2ccc(C(OC(=O)c3ccccc3)(C(F)(F)F)C(F)(F)F)cc2)cc1. The molecule has 0 aromatic heterocycles. The minimum absolute atomic E-state index is 0.0813. The van der Waals surface area contributed by atoms with Gasteiger partial charge >= 0.3 is 23.9 Å². The van der Waals surface area contributed by atoms with Crippen LogP contribution in [0.5, 0.6) is 5.75 Å². The number of esters is 1. The van der Waals surface area contributed by atoms with E-state index < -0.39 is 41.0 Å². The number of amides is 1. The summed E-state index contributed by atoms with van der Waals surface area (Å²) < 4.78 is 92.8. The first-order chi connectivity index (χ1) is 16.4. The van der Waals surface area contributed by atoms with Crippen LogP contribution >= 0.6 is 0 Å². The number of anilines is 1. The van der Waals surface area contributed by atoms with E-state index in [1.54, 1.807) is 0 Å². The van der Waals surface area contributed by atoms with Crippen molar-refractivity contribution in [1.82, 2.24) is 0 Å². The van der Waals surface area contributed by atoms with Gasteiger partial charge in [-0.25, -0.2) is 4.79 Å². The van der Waals surface area contributed by atoms with Crippen LogP contribution in [0.4, 0.5) is 32.0 Å². The molecule has 0 bridgehead atoms. The standard InChI is InChI=1S/C24H17F6NO4/c1-34-19-13-7-15(8-14-19)20(32)31-18-11-9-17(10-12-18)22(23(25,26)27,24(28,29)30)35-21(33)16-5-3-2-4-6-16/h2-14H,1H3,(H,31,32). The van der Waals surface area contributed by atoms with Crippen molar-refractivity contribution in [3.05, 3.63) is 95.6 Å². The van der Waals surface area contributed by atoms with Crippen LogP contribution in [0.25, 0.3) is 0 Å². The molecule has 0 unspecified atom stereocenters. The number of methoxy groups -OCH3 is 1. The fourth-order valence-corrected chi connectivity index (χ4v) is 3.17. The number of carbonyl (C=O) groups is 2. The Balaban J connectivity index is 1.94. The van der Waals surface area contributed by atoms with E-state index in [4.69, 9.17) is 4.74 Å². The molecule has 3 aromatic rings. The number of benzene rings is 3. The zero-order valence-corrected chi connectivity index (χ0v) is 17.9. The Labute approximate surface area is 195 Å². The van der Waals surface area contributed by atoms with E-state index in [2.05, 4.69) is 10.1 Å². The second-order valence-electron chi connectivity index (χ2n) is 7.19. The van der Waals surface area contributed by atoms with Gasteiger partial charge in [0.25, 0.3) is 5.91 Å². The summed E-state index contributed by atoms with van der Waals surface area (Å²) in [6.45, 7) is 0. The molecular formula is C24H17F6NO4. The van der Waals surface area contributed by atoms with E-state index in [-0.39, 0.29) is 11.3 Å². The van der Waals surface area contributed by atoms with Crippen LogP contribution < -0.4 is 10.1 Å². The second-order valence-corrected chi connectivity index (χ2v) is 7.19. The molecular weight excluding hydrogens is 480 g/mol. The van der Waals surface area contributed by atoms with E-state index in [9.17, 15) is 35.9 Å². The maximum atomic E-state index is 13.9. The van der Waals surface area contributed by atoms with Crippen molar-refractivity contribution < 1.29 is 45.4 Å². The largest absolute Gasteiger partial charge is 0.497 e. The lowest BCUT2D eigenvalue weighted by molar-refractivity contribution is -0.373. The first kappa shape index (κ1) is 25.6. The summed E-state index contributed by atoms with van der Waals surface area (Å²) in [4.78, 5) is 24.6. The Morgan fingerprint density at radius 3 is 1.74 bits per heavy atom. The van der Waals surface area contributed by atoms with Gasteiger partial charge in [0.05, 0.1) is 12.7 Å². The maximum absolute atomic E-state index is 13.9. The van der Waals surface area contributed by atoms with Gasteiger partial charge in [-0.3, -0.25) is 4.79 Å². The number of nitrogens with one attached hydrogen (secondary N) is 1. The number of hydrogen-bond acceptors (Lipinski definition) is 4. The number of halogens is 6. The van der Waals surface area contributed by atoms with E-state index in [1.807, 2.05) is 0 Å². The van der Waals surface area contributed by atoms with Gasteiger partial charge in [0.15, 0.2) is 0 Å². The summed E-state index contributed by atoms with van der Waals surface area (Å²) in [7, 11) is 1.43. The van der Waals surface area contributed by atoms with Crippen LogP contribution in [0.1, 0.15) is 26.3 Å². The predicted molar refractivity (Wildman–Crippen MR) is 113 cm³/mol. The molecule has 35 heavy (non-hydrogen) atoms. The summed E-state index contributed by atoms with van der Waals surface area (Å²) >= 11 is 0. The van der Waals surface area contributed by atoms with Gasteiger partial charge in [0.1, 0.15) is 5.75 Å². The summed E-state index contributed by atoms with van der Waals surface area (Å²) in [5.74, 6) is -1.99. The fraction of sp³-hybridized carbons (Fsp3) is 0.167. The van der Waals surface area contributed by atoms with Crippen LogP contribution in [0.15, 0.2) is 78.9 Å². The van der Waals surface area contributed by atoms with Crippen molar-refractivity contribution >= 4 is 17.6 Å². The average Bonchev–Trinajstić information content (AvgIpc) is 2.82. The Morgan fingerprint density at radius 1 is 0.714 bits per heavy atom. The minimum Gasteiger partial charge on any atom is -0.497 e. The highest BCUT2D eigenvalue weighted by Crippen LogP contribution is 2.53. The molecule has 5 nitrogen and oxygen atoms in total. The zero-order valence-electron chi connectivity index (χ0n) is 17.9. The smallest absolute Gasteiger partial charge is 0.442 e. The number of hydrogen-bond donors (Lipinski definition) is 1. The van der Waals surface area contributed by atoms with Crippen molar-refractivity contribution in [3.8, 4) is 5.75 Å². The summed E-state index contributed by atoms with van der Waals surface area (Å²) in [6.07, 6.45) is -12.1. The highest BCUT2D eigenvalue weighted by atomic mass is 19.4. The molecule has 0 aliphatic carbocycles. The molecule has 0 atom stereocenters. The van der Waals surface area contributed by atoms with Gasteiger partial charge in [-0.15, -0.1) is 0 Å². The monoisotopic (exact) mass is 497 g/mol. The number of rotatable bonds is 6. The van der Waals surface area contributed by atoms with E-state index >= 15 is 0 Å². The zero-order chi connectivity index (χ0) is 25.9. The van der Waals surface area contributed by atoms with Crippen LogP contribution in [-0.2, 0) is 10.3 Å². The average molecular weight is 497 g/mol. The quantitative estimate of drug-likeness (QED) is 0.329. The molecule has 3 aromatic carbocycles. The Bertz CT molecular complexity index is 1160. The number of alkyl halides is 6. The van der Waals surface area contributed by atoms with Crippen LogP contribution in [0.2, 0.25) is 0 Å². The van der Waals surface area contributed by atoms with Crippen molar-refractivity contribution in [2.24, 2.45) is 0 Å². The second kappa shape index (κ2) is 9.69. The van der Waals surface area contributed by atoms with Crippen LogP contribution in [0.3, 0.4) is 0 Å². The number of carbonyl (C=O) groups excluding carboxylic acids is 2. The van der Waals surface area contributed by atoms with Gasteiger partial charge in [0.2, 0.25) is 0 Å². The molecule has 0 saturated heterocycles. The molecule has 0 radical (unpaired) electrons. The third-order valence-corrected chi connectivity index (χ3v) is 4.96. The predicted octanol–water partition coefficient (Wildman–Crippen LogP) is 6.12.